The van der Waals surface area contributed by atoms with E-state index in [0.717, 1.165) is 17.7 Å². The molecule has 1 aliphatic carbocycles. The average Bonchev–Trinajstić information content (AvgIpc) is 3.09. The Kier molecular flexibility index (Phi) is 3.58. The highest BCUT2D eigenvalue weighted by Crippen LogP contribution is 2.32. The lowest BCUT2D eigenvalue weighted by atomic mass is 10.3. The summed E-state index contributed by atoms with van der Waals surface area (Å²) in [5.74, 6) is 1.09. The minimum atomic E-state index is -3.13. The zero-order valence-corrected chi connectivity index (χ0v) is 11.2. The lowest BCUT2D eigenvalue weighted by Gasteiger charge is -2.02. The third-order valence-electron chi connectivity index (χ3n) is 2.67. The molecule has 0 aliphatic heterocycles. The van der Waals surface area contributed by atoms with Crippen molar-refractivity contribution in [1.29, 1.82) is 0 Å². The molecule has 92 valence electrons. The van der Waals surface area contributed by atoms with Crippen LogP contribution in [0, 0.1) is 5.92 Å². The quantitative estimate of drug-likeness (QED) is 0.769. The van der Waals surface area contributed by atoms with Crippen LogP contribution >= 0.6 is 11.8 Å². The smallest absolute Gasteiger partial charge is 0.175 e. The summed E-state index contributed by atoms with van der Waals surface area (Å²) in [6, 6.07) is 6.67. The largest absolute Gasteiger partial charge is 0.298 e. The summed E-state index contributed by atoms with van der Waals surface area (Å²) < 4.78 is 22.5. The predicted molar refractivity (Wildman–Crippen MR) is 68.0 cm³/mol. The van der Waals surface area contributed by atoms with Crippen molar-refractivity contribution in [3.8, 4) is 0 Å². The molecule has 1 fully saturated rings. The first-order valence-electron chi connectivity index (χ1n) is 5.42. The Labute approximate surface area is 106 Å². The van der Waals surface area contributed by atoms with E-state index >= 15 is 0 Å². The van der Waals surface area contributed by atoms with Crippen LogP contribution in [0.15, 0.2) is 34.1 Å². The SMILES string of the molecule is CS(=O)(=O)c1ccc(SCC(=O)C2CC2)cc1. The van der Waals surface area contributed by atoms with E-state index in [9.17, 15) is 13.2 Å². The minimum Gasteiger partial charge on any atom is -0.298 e. The fourth-order valence-electron chi connectivity index (χ4n) is 1.46. The number of rotatable bonds is 5. The second-order valence-electron chi connectivity index (χ2n) is 4.27. The van der Waals surface area contributed by atoms with Crippen molar-refractivity contribution in [1.82, 2.24) is 0 Å². The lowest BCUT2D eigenvalue weighted by Crippen LogP contribution is -2.03. The second-order valence-corrected chi connectivity index (χ2v) is 7.34. The van der Waals surface area contributed by atoms with Crippen LogP contribution in [-0.4, -0.2) is 26.2 Å². The van der Waals surface area contributed by atoms with Crippen molar-refractivity contribution < 1.29 is 13.2 Å². The van der Waals surface area contributed by atoms with E-state index in [1.165, 1.54) is 18.0 Å². The molecular weight excluding hydrogens is 256 g/mol. The van der Waals surface area contributed by atoms with Crippen LogP contribution in [0.3, 0.4) is 0 Å². The monoisotopic (exact) mass is 270 g/mol. The Morgan fingerprint density at radius 3 is 2.35 bits per heavy atom. The van der Waals surface area contributed by atoms with Gasteiger partial charge in [-0.05, 0) is 37.1 Å². The Morgan fingerprint density at radius 1 is 1.29 bits per heavy atom. The maximum Gasteiger partial charge on any atom is 0.175 e. The van der Waals surface area contributed by atoms with Crippen molar-refractivity contribution in [2.45, 2.75) is 22.6 Å². The summed E-state index contributed by atoms with van der Waals surface area (Å²) in [6.45, 7) is 0. The summed E-state index contributed by atoms with van der Waals surface area (Å²) in [7, 11) is -3.13. The van der Waals surface area contributed by atoms with Gasteiger partial charge in [-0.3, -0.25) is 4.79 Å². The van der Waals surface area contributed by atoms with E-state index in [2.05, 4.69) is 0 Å². The molecule has 0 amide bonds. The van der Waals surface area contributed by atoms with E-state index < -0.39 is 9.84 Å². The van der Waals surface area contributed by atoms with Crippen LogP contribution in [0.1, 0.15) is 12.8 Å². The molecule has 0 atom stereocenters. The lowest BCUT2D eigenvalue weighted by molar-refractivity contribution is -0.117. The molecule has 0 unspecified atom stereocenters. The summed E-state index contributed by atoms with van der Waals surface area (Å²) >= 11 is 1.47. The van der Waals surface area contributed by atoms with Crippen LogP contribution in [0.5, 0.6) is 0 Å². The van der Waals surface area contributed by atoms with E-state index in [4.69, 9.17) is 0 Å². The standard InChI is InChI=1S/C12H14O3S2/c1-17(14,15)11-6-4-10(5-7-11)16-8-12(13)9-2-3-9/h4-7,9H,2-3,8H2,1H3. The van der Waals surface area contributed by atoms with Gasteiger partial charge in [-0.1, -0.05) is 0 Å². The van der Waals surface area contributed by atoms with E-state index in [0.29, 0.717) is 16.4 Å². The first-order valence-corrected chi connectivity index (χ1v) is 8.30. The third kappa shape index (κ3) is 3.57. The minimum absolute atomic E-state index is 0.290. The number of thioether (sulfide) groups is 1. The van der Waals surface area contributed by atoms with Gasteiger partial charge in [0.25, 0.3) is 0 Å². The van der Waals surface area contributed by atoms with E-state index in [-0.39, 0.29) is 5.92 Å². The van der Waals surface area contributed by atoms with Gasteiger partial charge in [-0.25, -0.2) is 8.42 Å². The molecule has 17 heavy (non-hydrogen) atoms. The number of ketones is 1. The Balaban J connectivity index is 1.96. The Bertz CT molecular complexity index is 513. The van der Waals surface area contributed by atoms with Gasteiger partial charge in [0.05, 0.1) is 10.6 Å². The molecule has 0 saturated heterocycles. The van der Waals surface area contributed by atoms with Gasteiger partial charge in [0, 0.05) is 17.1 Å². The van der Waals surface area contributed by atoms with Crippen molar-refractivity contribution in [3.05, 3.63) is 24.3 Å². The number of hydrogen-bond donors (Lipinski definition) is 0. The highest BCUT2D eigenvalue weighted by Gasteiger charge is 2.28. The van der Waals surface area contributed by atoms with Gasteiger partial charge in [-0.15, -0.1) is 11.8 Å². The number of hydrogen-bond acceptors (Lipinski definition) is 4. The number of carbonyl (C=O) groups is 1. The topological polar surface area (TPSA) is 51.2 Å². The third-order valence-corrected chi connectivity index (χ3v) is 4.83. The maximum atomic E-state index is 11.5. The number of carbonyl (C=O) groups excluding carboxylic acids is 1. The fourth-order valence-corrected chi connectivity index (χ4v) is 2.96. The molecule has 0 heterocycles. The number of sulfone groups is 1. The first-order chi connectivity index (χ1) is 7.97. The molecule has 0 N–H and O–H groups in total. The molecule has 1 aromatic rings. The molecule has 0 aromatic heterocycles. The van der Waals surface area contributed by atoms with E-state index in [1.807, 2.05) is 0 Å². The van der Waals surface area contributed by atoms with Gasteiger partial charge < -0.3 is 0 Å². The maximum absolute atomic E-state index is 11.5. The Hall–Kier alpha value is -0.810. The molecule has 1 aromatic carbocycles. The average molecular weight is 270 g/mol. The Morgan fingerprint density at radius 2 is 1.88 bits per heavy atom. The van der Waals surface area contributed by atoms with Gasteiger partial charge in [0.2, 0.25) is 0 Å². The number of benzene rings is 1. The summed E-state index contributed by atoms with van der Waals surface area (Å²) in [6.07, 6.45) is 3.25. The van der Waals surface area contributed by atoms with Crippen molar-refractivity contribution >= 4 is 27.4 Å². The molecule has 1 saturated carbocycles. The normalized spacial score (nSPS) is 15.8. The van der Waals surface area contributed by atoms with Crippen molar-refractivity contribution in [2.24, 2.45) is 5.92 Å². The summed E-state index contributed by atoms with van der Waals surface area (Å²) in [5.41, 5.74) is 0. The van der Waals surface area contributed by atoms with Crippen molar-refractivity contribution in [2.75, 3.05) is 12.0 Å². The first kappa shape index (κ1) is 12.6. The van der Waals surface area contributed by atoms with Gasteiger partial charge >= 0.3 is 0 Å². The highest BCUT2D eigenvalue weighted by molar-refractivity contribution is 8.00. The van der Waals surface area contributed by atoms with E-state index in [1.54, 1.807) is 24.3 Å². The highest BCUT2D eigenvalue weighted by atomic mass is 32.2. The molecule has 0 bridgehead atoms. The molecule has 2 rings (SSSR count). The summed E-state index contributed by atoms with van der Waals surface area (Å²) in [5, 5.41) is 0. The number of Topliss-reactive ketones (excluding diaryl/α,β-unsaturated/α-hetero) is 1. The molecular formula is C12H14O3S2. The zero-order valence-electron chi connectivity index (χ0n) is 9.55. The van der Waals surface area contributed by atoms with Crippen LogP contribution < -0.4 is 0 Å². The van der Waals surface area contributed by atoms with Gasteiger partial charge in [-0.2, -0.15) is 0 Å². The van der Waals surface area contributed by atoms with Crippen LogP contribution in [0.25, 0.3) is 0 Å². The molecule has 3 nitrogen and oxygen atoms in total. The molecule has 0 radical (unpaired) electrons. The second kappa shape index (κ2) is 4.82. The summed E-state index contributed by atoms with van der Waals surface area (Å²) in [4.78, 5) is 12.7. The zero-order chi connectivity index (χ0) is 12.5. The van der Waals surface area contributed by atoms with Crippen LogP contribution in [0.2, 0.25) is 0 Å². The predicted octanol–water partition coefficient (Wildman–Crippen LogP) is 2.16. The molecule has 5 heteroatoms. The molecule has 1 aliphatic rings. The van der Waals surface area contributed by atoms with Gasteiger partial charge in [0.1, 0.15) is 5.78 Å². The molecule has 0 spiro atoms. The van der Waals surface area contributed by atoms with Crippen LogP contribution in [-0.2, 0) is 14.6 Å². The fraction of sp³-hybridized carbons (Fsp3) is 0.417. The van der Waals surface area contributed by atoms with Gasteiger partial charge in [0.15, 0.2) is 9.84 Å². The van der Waals surface area contributed by atoms with Crippen LogP contribution in [0.4, 0.5) is 0 Å². The van der Waals surface area contributed by atoms with Crippen molar-refractivity contribution in [3.63, 3.8) is 0 Å².